The van der Waals surface area contributed by atoms with Crippen molar-refractivity contribution in [3.8, 4) is 0 Å². The zero-order chi connectivity index (χ0) is 13.4. The summed E-state index contributed by atoms with van der Waals surface area (Å²) in [7, 11) is 0. The normalized spacial score (nSPS) is 31.8. The van der Waals surface area contributed by atoms with Gasteiger partial charge in [-0.3, -0.25) is 14.3 Å². The van der Waals surface area contributed by atoms with E-state index in [4.69, 9.17) is 5.11 Å². The number of hydrogen-bond acceptors (Lipinski definition) is 4. The predicted molar refractivity (Wildman–Crippen MR) is 61.2 cm³/mol. The second-order valence-corrected chi connectivity index (χ2v) is 4.64. The van der Waals surface area contributed by atoms with Gasteiger partial charge in [0.1, 0.15) is 6.17 Å². The summed E-state index contributed by atoms with van der Waals surface area (Å²) >= 11 is 0. The number of alkyl halides is 1. The first-order valence-corrected chi connectivity index (χ1v) is 5.70. The van der Waals surface area contributed by atoms with Crippen molar-refractivity contribution in [1.82, 2.24) is 9.55 Å². The first-order valence-electron chi connectivity index (χ1n) is 5.70. The highest BCUT2D eigenvalue weighted by Gasteiger charge is 2.44. The van der Waals surface area contributed by atoms with Crippen molar-refractivity contribution in [1.29, 1.82) is 0 Å². The zero-order valence-corrected chi connectivity index (χ0v) is 9.84. The van der Waals surface area contributed by atoms with Gasteiger partial charge in [0.25, 0.3) is 5.56 Å². The Hall–Kier alpha value is -1.47. The summed E-state index contributed by atoms with van der Waals surface area (Å²) in [5.74, 6) is -0.894. The molecule has 7 heteroatoms. The van der Waals surface area contributed by atoms with Crippen LogP contribution in [0.2, 0.25) is 0 Å². The van der Waals surface area contributed by atoms with Crippen LogP contribution in [0.1, 0.15) is 18.0 Å². The number of nitrogens with one attached hydrogen (secondary N) is 1. The maximum absolute atomic E-state index is 14.0. The number of halogens is 1. The first-order chi connectivity index (χ1) is 8.45. The number of H-pyrrole nitrogens is 1. The lowest BCUT2D eigenvalue weighted by molar-refractivity contribution is 0.0591. The summed E-state index contributed by atoms with van der Waals surface area (Å²) < 4.78 is 15.1. The Balaban J connectivity index is 2.42. The molecule has 100 valence electrons. The van der Waals surface area contributed by atoms with Gasteiger partial charge in [-0.1, -0.05) is 0 Å². The van der Waals surface area contributed by atoms with Crippen molar-refractivity contribution in [3.05, 3.63) is 32.6 Å². The molecule has 0 saturated heterocycles. The van der Waals surface area contributed by atoms with Crippen LogP contribution in [0.5, 0.6) is 0 Å². The summed E-state index contributed by atoms with van der Waals surface area (Å²) in [5, 5.41) is 18.6. The fourth-order valence-electron chi connectivity index (χ4n) is 2.37. The van der Waals surface area contributed by atoms with E-state index in [1.54, 1.807) is 0 Å². The van der Waals surface area contributed by atoms with Crippen molar-refractivity contribution in [2.75, 3.05) is 6.61 Å². The van der Waals surface area contributed by atoms with Gasteiger partial charge in [0.2, 0.25) is 0 Å². The molecular weight excluding hydrogens is 243 g/mol. The summed E-state index contributed by atoms with van der Waals surface area (Å²) in [6.45, 7) is 1.03. The molecule has 0 amide bonds. The molecule has 0 aromatic carbocycles. The molecule has 1 fully saturated rings. The van der Waals surface area contributed by atoms with Crippen LogP contribution in [-0.2, 0) is 0 Å². The molecule has 0 spiro atoms. The van der Waals surface area contributed by atoms with Crippen LogP contribution in [0.15, 0.2) is 15.8 Å². The second-order valence-electron chi connectivity index (χ2n) is 4.64. The molecule has 1 aromatic heterocycles. The number of aliphatic hydroxyl groups excluding tert-OH is 2. The Bertz CT molecular complexity index is 553. The van der Waals surface area contributed by atoms with E-state index in [0.29, 0.717) is 5.56 Å². The lowest BCUT2D eigenvalue weighted by Crippen LogP contribution is -2.36. The van der Waals surface area contributed by atoms with E-state index in [1.165, 1.54) is 13.1 Å². The number of aryl methyl sites for hydroxylation is 1. The minimum absolute atomic E-state index is 0.0395. The topological polar surface area (TPSA) is 95.3 Å². The summed E-state index contributed by atoms with van der Waals surface area (Å²) in [4.78, 5) is 24.9. The average molecular weight is 258 g/mol. The quantitative estimate of drug-likeness (QED) is 0.640. The number of aliphatic hydroxyl groups is 2. The fraction of sp³-hybridized carbons (Fsp3) is 0.636. The van der Waals surface area contributed by atoms with Crippen LogP contribution in [0, 0.1) is 12.8 Å². The number of rotatable bonds is 2. The minimum atomic E-state index is -1.52. The highest BCUT2D eigenvalue weighted by molar-refractivity contribution is 5.04. The molecule has 1 aromatic rings. The molecule has 0 bridgehead atoms. The van der Waals surface area contributed by atoms with E-state index in [2.05, 4.69) is 4.98 Å². The third kappa shape index (κ3) is 1.99. The Morgan fingerprint density at radius 3 is 2.78 bits per heavy atom. The highest BCUT2D eigenvalue weighted by Crippen LogP contribution is 2.36. The predicted octanol–water partition coefficient (Wildman–Crippen LogP) is -0.903. The van der Waals surface area contributed by atoms with Gasteiger partial charge in [-0.15, -0.1) is 0 Å². The largest absolute Gasteiger partial charge is 0.396 e. The van der Waals surface area contributed by atoms with Crippen LogP contribution < -0.4 is 11.2 Å². The third-order valence-corrected chi connectivity index (χ3v) is 3.47. The van der Waals surface area contributed by atoms with Gasteiger partial charge in [0.05, 0.1) is 18.8 Å². The van der Waals surface area contributed by atoms with Crippen molar-refractivity contribution in [3.63, 3.8) is 0 Å². The molecule has 2 rings (SSSR count). The maximum atomic E-state index is 14.0. The lowest BCUT2D eigenvalue weighted by Gasteiger charge is -2.18. The molecule has 4 atom stereocenters. The molecule has 1 heterocycles. The molecule has 1 aliphatic carbocycles. The van der Waals surface area contributed by atoms with Gasteiger partial charge >= 0.3 is 5.69 Å². The summed E-state index contributed by atoms with van der Waals surface area (Å²) in [6.07, 6.45) is -1.19. The van der Waals surface area contributed by atoms with Gasteiger partial charge in [0, 0.05) is 17.7 Å². The smallest absolute Gasteiger partial charge is 0.328 e. The third-order valence-electron chi connectivity index (χ3n) is 3.47. The zero-order valence-electron chi connectivity index (χ0n) is 9.84. The number of aromatic nitrogens is 2. The Morgan fingerprint density at radius 1 is 1.56 bits per heavy atom. The monoisotopic (exact) mass is 258 g/mol. The Labute approximate surface area is 102 Å². The molecule has 1 aliphatic rings. The fourth-order valence-corrected chi connectivity index (χ4v) is 2.37. The van der Waals surface area contributed by atoms with E-state index >= 15 is 0 Å². The van der Waals surface area contributed by atoms with Crippen molar-refractivity contribution < 1.29 is 14.6 Å². The van der Waals surface area contributed by atoms with Gasteiger partial charge in [-0.25, -0.2) is 9.18 Å². The van der Waals surface area contributed by atoms with E-state index in [-0.39, 0.29) is 6.42 Å². The van der Waals surface area contributed by atoms with E-state index < -0.39 is 42.1 Å². The first kappa shape index (κ1) is 13.0. The number of hydrogen-bond donors (Lipinski definition) is 3. The summed E-state index contributed by atoms with van der Waals surface area (Å²) in [6, 6.07) is -0.861. The number of nitrogens with zero attached hydrogens (tertiary/aromatic N) is 1. The molecular formula is C11H15FN2O4. The van der Waals surface area contributed by atoms with Crippen LogP contribution in [-0.4, -0.2) is 38.6 Å². The van der Waals surface area contributed by atoms with Crippen molar-refractivity contribution in [2.24, 2.45) is 5.92 Å². The van der Waals surface area contributed by atoms with Crippen LogP contribution in [0.25, 0.3) is 0 Å². The molecule has 0 unspecified atom stereocenters. The second kappa shape index (κ2) is 4.66. The molecule has 3 N–H and O–H groups in total. The lowest BCUT2D eigenvalue weighted by atomic mass is 10.1. The average Bonchev–Trinajstić information content (AvgIpc) is 2.59. The Morgan fingerprint density at radius 2 is 2.22 bits per heavy atom. The van der Waals surface area contributed by atoms with Crippen molar-refractivity contribution in [2.45, 2.75) is 31.7 Å². The van der Waals surface area contributed by atoms with E-state index in [9.17, 15) is 19.1 Å². The molecule has 18 heavy (non-hydrogen) atoms. The SMILES string of the molecule is Cc1cn([C@H]2C[C@H](O)[C@@H](CO)[C@@H]2F)c(=O)[nH]c1=O. The minimum Gasteiger partial charge on any atom is -0.396 e. The van der Waals surface area contributed by atoms with E-state index in [0.717, 1.165) is 4.57 Å². The maximum Gasteiger partial charge on any atom is 0.328 e. The molecule has 0 radical (unpaired) electrons. The van der Waals surface area contributed by atoms with Gasteiger partial charge in [0.15, 0.2) is 0 Å². The van der Waals surface area contributed by atoms with Crippen LogP contribution in [0.3, 0.4) is 0 Å². The summed E-state index contributed by atoms with van der Waals surface area (Å²) in [5.41, 5.74) is -0.920. The van der Waals surface area contributed by atoms with Gasteiger partial charge in [-0.05, 0) is 13.3 Å². The van der Waals surface area contributed by atoms with Crippen LogP contribution in [0.4, 0.5) is 4.39 Å². The highest BCUT2D eigenvalue weighted by atomic mass is 19.1. The molecule has 0 aliphatic heterocycles. The standard InChI is InChI=1S/C11H15FN2O4/c1-5-3-14(11(18)13-10(5)17)7-2-8(16)6(4-15)9(7)12/h3,6-9,15-16H,2,4H2,1H3,(H,13,17,18)/t6-,7+,8+,9+/m1/s1. The number of aromatic amines is 1. The van der Waals surface area contributed by atoms with Gasteiger partial charge in [-0.2, -0.15) is 0 Å². The van der Waals surface area contributed by atoms with Crippen molar-refractivity contribution >= 4 is 0 Å². The van der Waals surface area contributed by atoms with E-state index in [1.807, 2.05) is 0 Å². The van der Waals surface area contributed by atoms with Gasteiger partial charge < -0.3 is 10.2 Å². The van der Waals surface area contributed by atoms with Crippen LogP contribution >= 0.6 is 0 Å². The Kier molecular flexibility index (Phi) is 3.36. The molecule has 1 saturated carbocycles. The molecule has 6 nitrogen and oxygen atoms in total.